The number of epoxide rings is 1. The van der Waals surface area contributed by atoms with Crippen LogP contribution in [0.3, 0.4) is 0 Å². The van der Waals surface area contributed by atoms with Crippen molar-refractivity contribution in [1.82, 2.24) is 0 Å². The largest absolute Gasteiger partial charge is 0.464 e. The SMILES string of the molecule is CCCCCCOC(=O)C1OC1(CC)CC. The molecular formula is C13H24O3. The molecule has 0 saturated carbocycles. The smallest absolute Gasteiger partial charge is 0.338 e. The standard InChI is InChI=1S/C13H24O3/c1-4-7-8-9-10-15-12(14)11-13(5-2,6-3)16-11/h11H,4-10H2,1-3H3. The van der Waals surface area contributed by atoms with Crippen LogP contribution in [0.15, 0.2) is 0 Å². The maximum atomic E-state index is 11.6. The second kappa shape index (κ2) is 6.24. The number of hydrogen-bond donors (Lipinski definition) is 0. The van der Waals surface area contributed by atoms with Gasteiger partial charge in [0.05, 0.1) is 6.61 Å². The van der Waals surface area contributed by atoms with Crippen molar-refractivity contribution in [3.63, 3.8) is 0 Å². The van der Waals surface area contributed by atoms with Crippen LogP contribution in [0.1, 0.15) is 59.3 Å². The minimum Gasteiger partial charge on any atom is -0.464 e. The van der Waals surface area contributed by atoms with Crippen LogP contribution in [0.2, 0.25) is 0 Å². The zero-order chi connectivity index (χ0) is 12.0. The summed E-state index contributed by atoms with van der Waals surface area (Å²) in [7, 11) is 0. The third-order valence-electron chi connectivity index (χ3n) is 3.43. The fourth-order valence-corrected chi connectivity index (χ4v) is 2.03. The molecule has 1 aliphatic rings. The van der Waals surface area contributed by atoms with Gasteiger partial charge in [0.1, 0.15) is 5.60 Å². The molecular weight excluding hydrogens is 204 g/mol. The lowest BCUT2D eigenvalue weighted by atomic mass is 9.99. The van der Waals surface area contributed by atoms with E-state index >= 15 is 0 Å². The average Bonchev–Trinajstić information content (AvgIpc) is 3.04. The van der Waals surface area contributed by atoms with Gasteiger partial charge in [-0.3, -0.25) is 0 Å². The number of carbonyl (C=O) groups excluding carboxylic acids is 1. The lowest BCUT2D eigenvalue weighted by molar-refractivity contribution is -0.145. The summed E-state index contributed by atoms with van der Waals surface area (Å²) in [4.78, 5) is 11.6. The number of esters is 1. The minimum atomic E-state index is -0.298. The number of unbranched alkanes of at least 4 members (excludes halogenated alkanes) is 3. The lowest BCUT2D eigenvalue weighted by Crippen LogP contribution is -2.21. The predicted octanol–water partition coefficient (Wildman–Crippen LogP) is 3.07. The number of ether oxygens (including phenoxy) is 2. The van der Waals surface area contributed by atoms with Crippen molar-refractivity contribution in [2.75, 3.05) is 6.61 Å². The average molecular weight is 228 g/mol. The van der Waals surface area contributed by atoms with E-state index in [1.165, 1.54) is 12.8 Å². The molecule has 0 spiro atoms. The molecule has 1 saturated heterocycles. The zero-order valence-electron chi connectivity index (χ0n) is 10.8. The second-order valence-electron chi connectivity index (χ2n) is 4.50. The van der Waals surface area contributed by atoms with E-state index < -0.39 is 0 Å². The Balaban J connectivity index is 2.13. The summed E-state index contributed by atoms with van der Waals surface area (Å²) >= 11 is 0. The molecule has 1 heterocycles. The Morgan fingerprint density at radius 2 is 1.88 bits per heavy atom. The molecule has 1 rings (SSSR count). The van der Waals surface area contributed by atoms with E-state index in [-0.39, 0.29) is 17.7 Å². The van der Waals surface area contributed by atoms with Crippen LogP contribution < -0.4 is 0 Å². The van der Waals surface area contributed by atoms with Crippen molar-refractivity contribution in [2.45, 2.75) is 71.0 Å². The molecule has 1 unspecified atom stereocenters. The highest BCUT2D eigenvalue weighted by Crippen LogP contribution is 2.43. The summed E-state index contributed by atoms with van der Waals surface area (Å²) in [5.41, 5.74) is -0.208. The molecule has 16 heavy (non-hydrogen) atoms. The van der Waals surface area contributed by atoms with E-state index in [0.717, 1.165) is 25.7 Å². The van der Waals surface area contributed by atoms with Gasteiger partial charge < -0.3 is 9.47 Å². The Kier molecular flexibility index (Phi) is 5.26. The summed E-state index contributed by atoms with van der Waals surface area (Å²) in [6.07, 6.45) is 6.01. The molecule has 1 fully saturated rings. The number of carbonyl (C=O) groups is 1. The zero-order valence-corrected chi connectivity index (χ0v) is 10.8. The van der Waals surface area contributed by atoms with Crippen molar-refractivity contribution in [2.24, 2.45) is 0 Å². The minimum absolute atomic E-state index is 0.166. The fraction of sp³-hybridized carbons (Fsp3) is 0.923. The Morgan fingerprint density at radius 3 is 2.38 bits per heavy atom. The van der Waals surface area contributed by atoms with Gasteiger partial charge in [-0.1, -0.05) is 40.0 Å². The van der Waals surface area contributed by atoms with Gasteiger partial charge in [-0.15, -0.1) is 0 Å². The van der Waals surface area contributed by atoms with Crippen LogP contribution in [-0.2, 0) is 14.3 Å². The van der Waals surface area contributed by atoms with Gasteiger partial charge in [0.2, 0.25) is 0 Å². The Hall–Kier alpha value is -0.570. The molecule has 0 aromatic rings. The molecule has 0 amide bonds. The molecule has 0 aliphatic carbocycles. The maximum Gasteiger partial charge on any atom is 0.338 e. The van der Waals surface area contributed by atoms with E-state index in [9.17, 15) is 4.79 Å². The molecule has 0 bridgehead atoms. The topological polar surface area (TPSA) is 38.8 Å². The molecule has 1 atom stereocenters. The normalized spacial score (nSPS) is 21.8. The Labute approximate surface area is 98.5 Å². The summed E-state index contributed by atoms with van der Waals surface area (Å²) in [6.45, 7) is 6.82. The maximum absolute atomic E-state index is 11.6. The third-order valence-corrected chi connectivity index (χ3v) is 3.43. The molecule has 3 heteroatoms. The quantitative estimate of drug-likeness (QED) is 0.364. The van der Waals surface area contributed by atoms with Crippen molar-refractivity contribution in [1.29, 1.82) is 0 Å². The highest BCUT2D eigenvalue weighted by atomic mass is 16.7. The van der Waals surface area contributed by atoms with Gasteiger partial charge in [-0.25, -0.2) is 4.79 Å². The monoisotopic (exact) mass is 228 g/mol. The molecule has 1 aliphatic heterocycles. The van der Waals surface area contributed by atoms with Gasteiger partial charge >= 0.3 is 5.97 Å². The van der Waals surface area contributed by atoms with Crippen molar-refractivity contribution < 1.29 is 14.3 Å². The predicted molar refractivity (Wildman–Crippen MR) is 63.3 cm³/mol. The van der Waals surface area contributed by atoms with Crippen LogP contribution >= 0.6 is 0 Å². The Bertz CT molecular complexity index is 221. The van der Waals surface area contributed by atoms with E-state index in [0.29, 0.717) is 6.61 Å². The van der Waals surface area contributed by atoms with Crippen LogP contribution in [0, 0.1) is 0 Å². The van der Waals surface area contributed by atoms with Gasteiger partial charge in [0.25, 0.3) is 0 Å². The lowest BCUT2D eigenvalue weighted by Gasteiger charge is -2.06. The Morgan fingerprint density at radius 1 is 1.19 bits per heavy atom. The molecule has 0 aromatic heterocycles. The first-order valence-corrected chi connectivity index (χ1v) is 6.54. The molecule has 0 N–H and O–H groups in total. The highest BCUT2D eigenvalue weighted by Gasteiger charge is 2.58. The first kappa shape index (κ1) is 13.5. The summed E-state index contributed by atoms with van der Waals surface area (Å²) in [5, 5.41) is 0. The number of hydrogen-bond acceptors (Lipinski definition) is 3. The second-order valence-corrected chi connectivity index (χ2v) is 4.50. The molecule has 3 nitrogen and oxygen atoms in total. The van der Waals surface area contributed by atoms with Gasteiger partial charge in [-0.2, -0.15) is 0 Å². The van der Waals surface area contributed by atoms with E-state index in [1.807, 2.05) is 0 Å². The van der Waals surface area contributed by atoms with Crippen LogP contribution in [0.4, 0.5) is 0 Å². The first-order chi connectivity index (χ1) is 7.70. The summed E-state index contributed by atoms with van der Waals surface area (Å²) in [5.74, 6) is -0.166. The third kappa shape index (κ3) is 3.21. The van der Waals surface area contributed by atoms with Crippen LogP contribution in [0.25, 0.3) is 0 Å². The summed E-state index contributed by atoms with van der Waals surface area (Å²) in [6, 6.07) is 0. The number of rotatable bonds is 8. The van der Waals surface area contributed by atoms with Crippen molar-refractivity contribution in [3.05, 3.63) is 0 Å². The van der Waals surface area contributed by atoms with Gasteiger partial charge in [0, 0.05) is 0 Å². The first-order valence-electron chi connectivity index (χ1n) is 6.54. The van der Waals surface area contributed by atoms with Gasteiger partial charge in [0.15, 0.2) is 6.10 Å². The molecule has 0 aromatic carbocycles. The van der Waals surface area contributed by atoms with E-state index in [2.05, 4.69) is 20.8 Å². The van der Waals surface area contributed by atoms with Crippen LogP contribution in [-0.4, -0.2) is 24.3 Å². The van der Waals surface area contributed by atoms with E-state index in [1.54, 1.807) is 0 Å². The van der Waals surface area contributed by atoms with Crippen LogP contribution in [0.5, 0.6) is 0 Å². The van der Waals surface area contributed by atoms with Crippen molar-refractivity contribution >= 4 is 5.97 Å². The molecule has 0 radical (unpaired) electrons. The highest BCUT2D eigenvalue weighted by molar-refractivity contribution is 5.79. The van der Waals surface area contributed by atoms with Crippen molar-refractivity contribution in [3.8, 4) is 0 Å². The van der Waals surface area contributed by atoms with E-state index in [4.69, 9.17) is 9.47 Å². The summed E-state index contributed by atoms with van der Waals surface area (Å²) < 4.78 is 10.7. The molecule has 94 valence electrons. The van der Waals surface area contributed by atoms with Gasteiger partial charge in [-0.05, 0) is 19.3 Å². The fourth-order valence-electron chi connectivity index (χ4n) is 2.03.